The number of hydrogen-bond acceptors (Lipinski definition) is 4. The van der Waals surface area contributed by atoms with Crippen LogP contribution in [-0.2, 0) is 4.79 Å². The standard InChI is InChI=1S/C11H16N2O3S/c1-7(2)17-6-10(14)12-13-11(15)9-4-5-16-8(9)3/h4-5,7H,6H2,1-3H3,(H,12,14)(H,13,15). The molecule has 1 heterocycles. The maximum atomic E-state index is 11.6. The van der Waals surface area contributed by atoms with Gasteiger partial charge in [-0.05, 0) is 18.2 Å². The lowest BCUT2D eigenvalue weighted by Gasteiger charge is -2.07. The minimum Gasteiger partial charge on any atom is -0.469 e. The van der Waals surface area contributed by atoms with Crippen LogP contribution in [0.15, 0.2) is 16.7 Å². The fraction of sp³-hybridized carbons (Fsp3) is 0.455. The van der Waals surface area contributed by atoms with Gasteiger partial charge in [0.05, 0.1) is 17.6 Å². The predicted octanol–water partition coefficient (Wildman–Crippen LogP) is 1.49. The maximum Gasteiger partial charge on any atom is 0.273 e. The molecule has 0 saturated carbocycles. The summed E-state index contributed by atoms with van der Waals surface area (Å²) in [6, 6.07) is 1.56. The number of carbonyl (C=O) groups is 2. The molecule has 0 saturated heterocycles. The first-order valence-electron chi connectivity index (χ1n) is 5.25. The molecule has 2 amide bonds. The Morgan fingerprint density at radius 2 is 2.12 bits per heavy atom. The minimum absolute atomic E-state index is 0.224. The largest absolute Gasteiger partial charge is 0.469 e. The van der Waals surface area contributed by atoms with Crippen molar-refractivity contribution in [1.82, 2.24) is 10.9 Å². The fourth-order valence-corrected chi connectivity index (χ4v) is 1.65. The summed E-state index contributed by atoms with van der Waals surface area (Å²) >= 11 is 1.51. The zero-order chi connectivity index (χ0) is 12.8. The van der Waals surface area contributed by atoms with Gasteiger partial charge < -0.3 is 4.42 Å². The summed E-state index contributed by atoms with van der Waals surface area (Å²) in [6.07, 6.45) is 1.43. The third-order valence-electron chi connectivity index (χ3n) is 1.97. The summed E-state index contributed by atoms with van der Waals surface area (Å²) in [4.78, 5) is 22.9. The first-order chi connectivity index (χ1) is 8.00. The average molecular weight is 256 g/mol. The molecule has 0 unspecified atom stereocenters. The Balaban J connectivity index is 2.34. The summed E-state index contributed by atoms with van der Waals surface area (Å²) in [5.74, 6) is 0.244. The summed E-state index contributed by atoms with van der Waals surface area (Å²) in [7, 11) is 0. The molecule has 0 atom stereocenters. The van der Waals surface area contributed by atoms with Gasteiger partial charge in [-0.25, -0.2) is 0 Å². The number of rotatable bonds is 4. The highest BCUT2D eigenvalue weighted by atomic mass is 32.2. The van der Waals surface area contributed by atoms with Gasteiger partial charge in [0.1, 0.15) is 5.76 Å². The number of aryl methyl sites for hydroxylation is 1. The van der Waals surface area contributed by atoms with Crippen molar-refractivity contribution >= 4 is 23.6 Å². The molecule has 6 heteroatoms. The monoisotopic (exact) mass is 256 g/mol. The van der Waals surface area contributed by atoms with Gasteiger partial charge >= 0.3 is 0 Å². The van der Waals surface area contributed by atoms with Crippen molar-refractivity contribution in [3.63, 3.8) is 0 Å². The molecule has 1 rings (SSSR count). The Hall–Kier alpha value is -1.43. The van der Waals surface area contributed by atoms with Crippen molar-refractivity contribution in [2.24, 2.45) is 0 Å². The number of thioether (sulfide) groups is 1. The lowest BCUT2D eigenvalue weighted by Crippen LogP contribution is -2.42. The van der Waals surface area contributed by atoms with Crippen LogP contribution < -0.4 is 10.9 Å². The van der Waals surface area contributed by atoms with E-state index in [1.54, 1.807) is 13.0 Å². The van der Waals surface area contributed by atoms with E-state index in [1.165, 1.54) is 18.0 Å². The van der Waals surface area contributed by atoms with Crippen molar-refractivity contribution in [2.75, 3.05) is 5.75 Å². The molecule has 5 nitrogen and oxygen atoms in total. The third kappa shape index (κ3) is 4.52. The SMILES string of the molecule is Cc1occc1C(=O)NNC(=O)CSC(C)C. The molecule has 0 radical (unpaired) electrons. The van der Waals surface area contributed by atoms with E-state index in [0.717, 1.165) is 0 Å². The summed E-state index contributed by atoms with van der Waals surface area (Å²) in [5.41, 5.74) is 5.11. The van der Waals surface area contributed by atoms with Crippen molar-refractivity contribution in [1.29, 1.82) is 0 Å². The Labute approximate surface area is 104 Å². The highest BCUT2D eigenvalue weighted by Gasteiger charge is 2.12. The molecule has 0 fully saturated rings. The highest BCUT2D eigenvalue weighted by Crippen LogP contribution is 2.08. The van der Waals surface area contributed by atoms with Crippen molar-refractivity contribution in [2.45, 2.75) is 26.0 Å². The second-order valence-electron chi connectivity index (χ2n) is 3.75. The Bertz CT molecular complexity index is 401. The first-order valence-corrected chi connectivity index (χ1v) is 6.30. The molecule has 94 valence electrons. The van der Waals surface area contributed by atoms with Gasteiger partial charge in [0.2, 0.25) is 5.91 Å². The van der Waals surface area contributed by atoms with Gasteiger partial charge in [0.25, 0.3) is 5.91 Å². The van der Waals surface area contributed by atoms with Crippen LogP contribution in [0.25, 0.3) is 0 Å². The van der Waals surface area contributed by atoms with Gasteiger partial charge in [0.15, 0.2) is 0 Å². The Kier molecular flexibility index (Phi) is 5.09. The number of hydrazine groups is 1. The molecule has 1 aromatic heterocycles. The zero-order valence-electron chi connectivity index (χ0n) is 10.1. The average Bonchev–Trinajstić information content (AvgIpc) is 2.69. The molecule has 0 aliphatic heterocycles. The molecule has 0 bridgehead atoms. The van der Waals surface area contributed by atoms with Gasteiger partial charge in [0, 0.05) is 0 Å². The highest BCUT2D eigenvalue weighted by molar-refractivity contribution is 8.00. The number of amides is 2. The molecule has 0 aromatic carbocycles. The van der Waals surface area contributed by atoms with Crippen LogP contribution in [0.4, 0.5) is 0 Å². The summed E-state index contributed by atoms with van der Waals surface area (Å²) in [6.45, 7) is 5.70. The predicted molar refractivity (Wildman–Crippen MR) is 66.6 cm³/mol. The molecular formula is C11H16N2O3S. The van der Waals surface area contributed by atoms with E-state index in [2.05, 4.69) is 10.9 Å². The van der Waals surface area contributed by atoms with E-state index in [0.29, 0.717) is 22.3 Å². The van der Waals surface area contributed by atoms with Crippen LogP contribution in [0.5, 0.6) is 0 Å². The first kappa shape index (κ1) is 13.6. The minimum atomic E-state index is -0.376. The van der Waals surface area contributed by atoms with Crippen molar-refractivity contribution in [3.8, 4) is 0 Å². The zero-order valence-corrected chi connectivity index (χ0v) is 10.9. The molecular weight excluding hydrogens is 240 g/mol. The molecule has 1 aromatic rings. The van der Waals surface area contributed by atoms with Crippen molar-refractivity contribution < 1.29 is 14.0 Å². The summed E-state index contributed by atoms with van der Waals surface area (Å²) < 4.78 is 4.99. The lowest BCUT2D eigenvalue weighted by molar-refractivity contribution is -0.119. The second-order valence-corrected chi connectivity index (χ2v) is 5.32. The lowest BCUT2D eigenvalue weighted by atomic mass is 10.2. The van der Waals surface area contributed by atoms with Crippen LogP contribution in [-0.4, -0.2) is 22.8 Å². The third-order valence-corrected chi connectivity index (χ3v) is 3.06. The Morgan fingerprint density at radius 1 is 1.41 bits per heavy atom. The number of furan rings is 1. The van der Waals surface area contributed by atoms with Crippen LogP contribution in [0, 0.1) is 6.92 Å². The van der Waals surface area contributed by atoms with Crippen LogP contribution in [0.3, 0.4) is 0 Å². The Morgan fingerprint density at radius 3 is 2.65 bits per heavy atom. The van der Waals surface area contributed by atoms with Crippen LogP contribution in [0.1, 0.15) is 30.0 Å². The molecule has 2 N–H and O–H groups in total. The quantitative estimate of drug-likeness (QED) is 0.801. The van der Waals surface area contributed by atoms with E-state index in [1.807, 2.05) is 13.8 Å². The topological polar surface area (TPSA) is 71.3 Å². The second kappa shape index (κ2) is 6.34. The molecule has 0 aliphatic rings. The number of carbonyl (C=O) groups excluding carboxylic acids is 2. The van der Waals surface area contributed by atoms with Gasteiger partial charge in [-0.1, -0.05) is 13.8 Å². The van der Waals surface area contributed by atoms with Gasteiger partial charge in [-0.2, -0.15) is 0 Å². The van der Waals surface area contributed by atoms with Crippen molar-refractivity contribution in [3.05, 3.63) is 23.7 Å². The molecule has 17 heavy (non-hydrogen) atoms. The molecule has 0 aliphatic carbocycles. The van der Waals surface area contributed by atoms with Crippen LogP contribution >= 0.6 is 11.8 Å². The van der Waals surface area contributed by atoms with E-state index < -0.39 is 0 Å². The normalized spacial score (nSPS) is 10.4. The smallest absolute Gasteiger partial charge is 0.273 e. The number of hydrogen-bond donors (Lipinski definition) is 2. The molecule has 0 spiro atoms. The van der Waals surface area contributed by atoms with E-state index in [-0.39, 0.29) is 11.8 Å². The van der Waals surface area contributed by atoms with Crippen LogP contribution in [0.2, 0.25) is 0 Å². The summed E-state index contributed by atoms with van der Waals surface area (Å²) in [5, 5.41) is 0.382. The van der Waals surface area contributed by atoms with E-state index in [9.17, 15) is 9.59 Å². The fourth-order valence-electron chi connectivity index (χ4n) is 1.09. The van der Waals surface area contributed by atoms with Gasteiger partial charge in [-0.15, -0.1) is 11.8 Å². The number of nitrogens with one attached hydrogen (secondary N) is 2. The van der Waals surface area contributed by atoms with E-state index in [4.69, 9.17) is 4.42 Å². The van der Waals surface area contributed by atoms with E-state index >= 15 is 0 Å². The van der Waals surface area contributed by atoms with Gasteiger partial charge in [-0.3, -0.25) is 20.4 Å². The maximum absolute atomic E-state index is 11.6.